The number of rotatable bonds is 6. The predicted molar refractivity (Wildman–Crippen MR) is 112 cm³/mol. The first-order chi connectivity index (χ1) is 15.8. The Balaban J connectivity index is 1.73. The highest BCUT2D eigenvalue weighted by Gasteiger charge is 2.39. The van der Waals surface area contributed by atoms with Crippen LogP contribution in [0.2, 0.25) is 0 Å². The highest BCUT2D eigenvalue weighted by Crippen LogP contribution is 2.29. The van der Waals surface area contributed by atoms with Crippen molar-refractivity contribution >= 4 is 23.7 Å². The van der Waals surface area contributed by atoms with Crippen molar-refractivity contribution in [1.82, 2.24) is 9.96 Å². The average molecular weight is 478 g/mol. The van der Waals surface area contributed by atoms with Crippen LogP contribution in [0.5, 0.6) is 5.75 Å². The fourth-order valence-electron chi connectivity index (χ4n) is 3.34. The van der Waals surface area contributed by atoms with Crippen molar-refractivity contribution in [1.29, 1.82) is 0 Å². The number of carbonyl (C=O) groups is 4. The lowest BCUT2D eigenvalue weighted by molar-refractivity contribution is -0.274. The third-order valence-corrected chi connectivity index (χ3v) is 4.89. The molecule has 0 aliphatic carbocycles. The van der Waals surface area contributed by atoms with Crippen molar-refractivity contribution in [2.45, 2.75) is 39.1 Å². The maximum atomic E-state index is 13.1. The number of ether oxygens (including phenoxy) is 1. The maximum absolute atomic E-state index is 13.1. The molecule has 0 saturated heterocycles. The molecule has 0 fully saturated rings. The summed E-state index contributed by atoms with van der Waals surface area (Å²) in [6.07, 6.45) is -5.43. The molecule has 0 saturated carbocycles. The number of fused-ring (bicyclic) bond motifs is 1. The highest BCUT2D eigenvalue weighted by atomic mass is 19.4. The highest BCUT2D eigenvalue weighted by molar-refractivity contribution is 6.20. The Kier molecular flexibility index (Phi) is 6.67. The molecule has 3 amide bonds. The van der Waals surface area contributed by atoms with E-state index in [9.17, 15) is 32.3 Å². The van der Waals surface area contributed by atoms with E-state index in [2.05, 4.69) is 4.74 Å². The molecule has 0 spiro atoms. The van der Waals surface area contributed by atoms with Crippen molar-refractivity contribution in [3.8, 4) is 5.75 Å². The summed E-state index contributed by atoms with van der Waals surface area (Å²) in [5, 5.41) is 0.350. The summed E-state index contributed by atoms with van der Waals surface area (Å²) in [5.41, 5.74) is -1.07. The lowest BCUT2D eigenvalue weighted by atomic mass is 10.0. The zero-order valence-electron chi connectivity index (χ0n) is 18.5. The molecule has 0 bridgehead atoms. The molecule has 2 aromatic carbocycles. The molecule has 34 heavy (non-hydrogen) atoms. The molecule has 2 aromatic rings. The number of halogens is 3. The summed E-state index contributed by atoms with van der Waals surface area (Å²) in [4.78, 5) is 56.3. The first-order valence-electron chi connectivity index (χ1n) is 10.1. The average Bonchev–Trinajstić information content (AvgIpc) is 2.97. The zero-order chi connectivity index (χ0) is 25.3. The maximum Gasteiger partial charge on any atom is 0.573 e. The summed E-state index contributed by atoms with van der Waals surface area (Å²) in [7, 11) is 0. The van der Waals surface area contributed by atoms with Crippen LogP contribution in [0, 0.1) is 0 Å². The standard InChI is InChI=1S/C23H21F3N2O6/c1-22(2,3)27(19(30)16-10-6-7-11-17(16)33-23(24,25)26)13-12-18(29)34-28-20(31)14-8-4-5-9-15(14)21(28)32/h4-11H,12-13H2,1-3H3. The number of nitrogens with zero attached hydrogens (tertiary/aromatic N) is 2. The molecule has 0 atom stereocenters. The zero-order valence-corrected chi connectivity index (χ0v) is 18.5. The fraction of sp³-hybridized carbons (Fsp3) is 0.304. The number of hydrogen-bond donors (Lipinski definition) is 0. The van der Waals surface area contributed by atoms with Crippen LogP contribution in [0.1, 0.15) is 58.3 Å². The number of alkyl halides is 3. The molecule has 1 heterocycles. The van der Waals surface area contributed by atoms with E-state index in [1.165, 1.54) is 35.2 Å². The van der Waals surface area contributed by atoms with Crippen molar-refractivity contribution in [3.05, 3.63) is 65.2 Å². The van der Waals surface area contributed by atoms with E-state index < -0.39 is 47.8 Å². The lowest BCUT2D eigenvalue weighted by Crippen LogP contribution is -2.47. The van der Waals surface area contributed by atoms with E-state index in [4.69, 9.17) is 4.84 Å². The van der Waals surface area contributed by atoms with Crippen LogP contribution in [0.15, 0.2) is 48.5 Å². The molecular weight excluding hydrogens is 457 g/mol. The van der Waals surface area contributed by atoms with Crippen LogP contribution >= 0.6 is 0 Å². The van der Waals surface area contributed by atoms with Crippen LogP contribution < -0.4 is 4.74 Å². The van der Waals surface area contributed by atoms with E-state index in [-0.39, 0.29) is 23.2 Å². The third kappa shape index (κ3) is 5.36. The second-order valence-electron chi connectivity index (χ2n) is 8.34. The number of amides is 3. The van der Waals surface area contributed by atoms with Crippen LogP contribution in [0.3, 0.4) is 0 Å². The minimum atomic E-state index is -5.00. The lowest BCUT2D eigenvalue weighted by Gasteiger charge is -2.36. The van der Waals surface area contributed by atoms with Gasteiger partial charge in [-0.15, -0.1) is 13.2 Å². The molecule has 3 rings (SSSR count). The van der Waals surface area contributed by atoms with Gasteiger partial charge < -0.3 is 14.5 Å². The smallest absolute Gasteiger partial charge is 0.405 e. The van der Waals surface area contributed by atoms with Gasteiger partial charge in [0, 0.05) is 12.1 Å². The summed E-state index contributed by atoms with van der Waals surface area (Å²) >= 11 is 0. The second-order valence-corrected chi connectivity index (χ2v) is 8.34. The molecule has 0 N–H and O–H groups in total. The van der Waals surface area contributed by atoms with E-state index in [0.29, 0.717) is 5.06 Å². The number of carbonyl (C=O) groups excluding carboxylic acids is 4. The van der Waals surface area contributed by atoms with Gasteiger partial charge in [0.05, 0.1) is 23.1 Å². The van der Waals surface area contributed by atoms with Gasteiger partial charge in [0.1, 0.15) is 5.75 Å². The van der Waals surface area contributed by atoms with Gasteiger partial charge in [-0.3, -0.25) is 14.4 Å². The van der Waals surface area contributed by atoms with Gasteiger partial charge in [0.15, 0.2) is 0 Å². The van der Waals surface area contributed by atoms with Gasteiger partial charge in [-0.2, -0.15) is 0 Å². The van der Waals surface area contributed by atoms with Crippen LogP contribution in [0.25, 0.3) is 0 Å². The van der Waals surface area contributed by atoms with Crippen LogP contribution in [0.4, 0.5) is 13.2 Å². The Morgan fingerprint density at radius 2 is 1.44 bits per heavy atom. The molecule has 0 unspecified atom stereocenters. The normalized spacial score (nSPS) is 13.5. The number of para-hydroxylation sites is 1. The number of benzene rings is 2. The number of hydroxylamine groups is 2. The van der Waals surface area contributed by atoms with Crippen molar-refractivity contribution < 1.29 is 41.9 Å². The molecule has 8 nitrogen and oxygen atoms in total. The Labute approximate surface area is 192 Å². The molecule has 11 heteroatoms. The molecule has 1 aliphatic rings. The van der Waals surface area contributed by atoms with Crippen LogP contribution in [-0.2, 0) is 9.63 Å². The minimum absolute atomic E-state index is 0.0908. The van der Waals surface area contributed by atoms with E-state index >= 15 is 0 Å². The fourth-order valence-corrected chi connectivity index (χ4v) is 3.34. The molecule has 0 aromatic heterocycles. The van der Waals surface area contributed by atoms with Gasteiger partial charge in [0.25, 0.3) is 17.7 Å². The van der Waals surface area contributed by atoms with Gasteiger partial charge in [-0.05, 0) is 45.0 Å². The first-order valence-corrected chi connectivity index (χ1v) is 10.1. The summed E-state index contributed by atoms with van der Waals surface area (Å²) in [5.74, 6) is -4.05. The van der Waals surface area contributed by atoms with Gasteiger partial charge in [-0.1, -0.05) is 29.3 Å². The Morgan fingerprint density at radius 1 is 0.912 bits per heavy atom. The first kappa shape index (κ1) is 24.7. The molecule has 0 radical (unpaired) electrons. The largest absolute Gasteiger partial charge is 0.573 e. The quantitative estimate of drug-likeness (QED) is 0.584. The molecule has 180 valence electrons. The van der Waals surface area contributed by atoms with Crippen molar-refractivity contribution in [2.75, 3.05) is 6.54 Å². The summed E-state index contributed by atoms with van der Waals surface area (Å²) < 4.78 is 42.2. The van der Waals surface area contributed by atoms with Gasteiger partial charge in [-0.25, -0.2) is 4.79 Å². The topological polar surface area (TPSA) is 93.2 Å². The number of hydrogen-bond acceptors (Lipinski definition) is 6. The van der Waals surface area contributed by atoms with Crippen molar-refractivity contribution in [2.24, 2.45) is 0 Å². The monoisotopic (exact) mass is 478 g/mol. The van der Waals surface area contributed by atoms with Crippen LogP contribution in [-0.4, -0.2) is 52.1 Å². The Bertz CT molecular complexity index is 1110. The Hall–Kier alpha value is -3.89. The third-order valence-electron chi connectivity index (χ3n) is 4.89. The minimum Gasteiger partial charge on any atom is -0.405 e. The van der Waals surface area contributed by atoms with E-state index in [0.717, 1.165) is 6.07 Å². The van der Waals surface area contributed by atoms with E-state index in [1.54, 1.807) is 32.9 Å². The summed E-state index contributed by atoms with van der Waals surface area (Å²) in [6.45, 7) is 4.64. The second kappa shape index (κ2) is 9.16. The van der Waals surface area contributed by atoms with Gasteiger partial charge >= 0.3 is 12.3 Å². The summed E-state index contributed by atoms with van der Waals surface area (Å²) in [6, 6.07) is 10.8. The van der Waals surface area contributed by atoms with Gasteiger partial charge in [0.2, 0.25) is 0 Å². The number of imide groups is 1. The SMILES string of the molecule is CC(C)(C)N(CCC(=O)ON1C(=O)c2ccccc2C1=O)C(=O)c1ccccc1OC(F)(F)F. The molecular formula is C23H21F3N2O6. The Morgan fingerprint density at radius 3 is 1.97 bits per heavy atom. The van der Waals surface area contributed by atoms with Crippen molar-refractivity contribution in [3.63, 3.8) is 0 Å². The predicted octanol–water partition coefficient (Wildman–Crippen LogP) is 3.97. The van der Waals surface area contributed by atoms with E-state index in [1.807, 2.05) is 0 Å². The molecule has 1 aliphatic heterocycles.